The Kier molecular flexibility index (Phi) is 4.64. The summed E-state index contributed by atoms with van der Waals surface area (Å²) in [6.45, 7) is 4.05. The summed E-state index contributed by atoms with van der Waals surface area (Å²) in [5.41, 5.74) is 0. The zero-order chi connectivity index (χ0) is 10.6. The highest BCUT2D eigenvalue weighted by atomic mass is 32.2. The van der Waals surface area contributed by atoms with Crippen molar-refractivity contribution >= 4 is 28.3 Å². The Morgan fingerprint density at radius 3 is 2.64 bits per heavy atom. The minimum atomic E-state index is -0.939. The van der Waals surface area contributed by atoms with E-state index in [0.29, 0.717) is 18.6 Å². The summed E-state index contributed by atoms with van der Waals surface area (Å²) in [6.07, 6.45) is 3.27. The molecule has 0 saturated carbocycles. The van der Waals surface area contributed by atoms with Gasteiger partial charge in [-0.2, -0.15) is 0 Å². The van der Waals surface area contributed by atoms with Gasteiger partial charge in [0.05, 0.1) is 0 Å². The Hall–Kier alpha value is 0.170. The molecular formula is C10H18O2S2. The molecule has 1 aliphatic heterocycles. The Morgan fingerprint density at radius 1 is 1.50 bits per heavy atom. The van der Waals surface area contributed by atoms with Crippen molar-refractivity contribution in [3.63, 3.8) is 0 Å². The fraction of sp³-hybridized carbons (Fsp3) is 0.900. The topological polar surface area (TPSA) is 34.1 Å². The fourth-order valence-electron chi connectivity index (χ4n) is 1.71. The molecule has 1 rings (SSSR count). The van der Waals surface area contributed by atoms with Crippen LogP contribution in [0.5, 0.6) is 0 Å². The molecule has 0 aromatic heterocycles. The summed E-state index contributed by atoms with van der Waals surface area (Å²) < 4.78 is 11.3. The third kappa shape index (κ3) is 2.22. The summed E-state index contributed by atoms with van der Waals surface area (Å²) >= 11 is 1.61. The second kappa shape index (κ2) is 5.31. The van der Waals surface area contributed by atoms with Crippen LogP contribution in [-0.4, -0.2) is 25.6 Å². The van der Waals surface area contributed by atoms with Crippen molar-refractivity contribution in [3.8, 4) is 0 Å². The van der Waals surface area contributed by atoms with E-state index < -0.39 is 14.9 Å². The van der Waals surface area contributed by atoms with Gasteiger partial charge in [-0.05, 0) is 12.8 Å². The molecular weight excluding hydrogens is 216 g/mol. The van der Waals surface area contributed by atoms with Crippen LogP contribution in [0, 0.1) is 0 Å². The third-order valence-electron chi connectivity index (χ3n) is 2.62. The number of carbonyl (C=O) groups excluding carboxylic acids is 1. The number of hydrogen-bond donors (Lipinski definition) is 0. The Labute approximate surface area is 92.7 Å². The van der Waals surface area contributed by atoms with Crippen LogP contribution < -0.4 is 0 Å². The average molecular weight is 234 g/mol. The molecule has 2 atom stereocenters. The van der Waals surface area contributed by atoms with Crippen LogP contribution in [0.3, 0.4) is 0 Å². The van der Waals surface area contributed by atoms with Gasteiger partial charge in [0.25, 0.3) is 0 Å². The predicted octanol–water partition coefficient (Wildman–Crippen LogP) is 2.35. The molecule has 0 spiro atoms. The zero-order valence-electron chi connectivity index (χ0n) is 8.88. The maximum Gasteiger partial charge on any atom is 0.161 e. The monoisotopic (exact) mass is 234 g/mol. The average Bonchev–Trinajstić information content (AvgIpc) is 2.57. The van der Waals surface area contributed by atoms with E-state index in [4.69, 9.17) is 0 Å². The first-order valence-corrected chi connectivity index (χ1v) is 7.53. The molecule has 0 aromatic carbocycles. The molecule has 1 unspecified atom stereocenters. The van der Waals surface area contributed by atoms with Gasteiger partial charge >= 0.3 is 0 Å². The van der Waals surface area contributed by atoms with E-state index >= 15 is 0 Å². The van der Waals surface area contributed by atoms with Gasteiger partial charge < -0.3 is 0 Å². The summed E-state index contributed by atoms with van der Waals surface area (Å²) in [4.78, 5) is 12.0. The van der Waals surface area contributed by atoms with Gasteiger partial charge in [-0.1, -0.05) is 20.3 Å². The minimum absolute atomic E-state index is 0.211. The molecule has 4 heteroatoms. The van der Waals surface area contributed by atoms with Crippen molar-refractivity contribution < 1.29 is 9.00 Å². The molecule has 0 aromatic rings. The molecule has 2 nitrogen and oxygen atoms in total. The van der Waals surface area contributed by atoms with Gasteiger partial charge in [0.1, 0.15) is 4.08 Å². The molecule has 1 saturated heterocycles. The Bertz CT molecular complexity index is 240. The summed E-state index contributed by atoms with van der Waals surface area (Å²) in [5, 5.41) is 0. The van der Waals surface area contributed by atoms with E-state index in [2.05, 4.69) is 6.92 Å². The summed E-state index contributed by atoms with van der Waals surface area (Å²) in [6, 6.07) is 0. The van der Waals surface area contributed by atoms with E-state index in [1.54, 1.807) is 11.8 Å². The summed E-state index contributed by atoms with van der Waals surface area (Å²) in [5.74, 6) is 1.77. The van der Waals surface area contributed by atoms with Crippen LogP contribution in [0.25, 0.3) is 0 Å². The quantitative estimate of drug-likeness (QED) is 0.732. The minimum Gasteiger partial charge on any atom is -0.297 e. The molecule has 0 aliphatic carbocycles. The molecule has 0 amide bonds. The fourth-order valence-corrected chi connectivity index (χ4v) is 5.48. The SMILES string of the molecule is CCCCC(=O)[C@]1(CC)SCCS1=O. The van der Waals surface area contributed by atoms with E-state index in [1.165, 1.54) is 0 Å². The maximum absolute atomic E-state index is 12.0. The predicted molar refractivity (Wildman–Crippen MR) is 63.0 cm³/mol. The highest BCUT2D eigenvalue weighted by Gasteiger charge is 2.45. The highest BCUT2D eigenvalue weighted by molar-refractivity contribution is 8.16. The van der Waals surface area contributed by atoms with Gasteiger partial charge in [-0.3, -0.25) is 9.00 Å². The molecule has 0 N–H and O–H groups in total. The Balaban J connectivity index is 2.69. The van der Waals surface area contributed by atoms with Crippen molar-refractivity contribution in [2.45, 2.75) is 43.6 Å². The normalized spacial score (nSPS) is 32.0. The lowest BCUT2D eigenvalue weighted by Gasteiger charge is -2.23. The van der Waals surface area contributed by atoms with Crippen LogP contribution >= 0.6 is 11.8 Å². The van der Waals surface area contributed by atoms with E-state index in [0.717, 1.165) is 18.6 Å². The van der Waals surface area contributed by atoms with Crippen LogP contribution in [0.15, 0.2) is 0 Å². The molecule has 0 radical (unpaired) electrons. The van der Waals surface area contributed by atoms with Crippen LogP contribution in [-0.2, 0) is 15.6 Å². The number of hydrogen-bond acceptors (Lipinski definition) is 3. The first-order chi connectivity index (χ1) is 6.67. The molecule has 1 fully saturated rings. The van der Waals surface area contributed by atoms with Crippen molar-refractivity contribution in [1.29, 1.82) is 0 Å². The number of carbonyl (C=O) groups is 1. The first kappa shape index (κ1) is 12.2. The van der Waals surface area contributed by atoms with Crippen LogP contribution in [0.2, 0.25) is 0 Å². The lowest BCUT2D eigenvalue weighted by atomic mass is 10.1. The smallest absolute Gasteiger partial charge is 0.161 e. The second-order valence-corrected chi connectivity index (χ2v) is 6.98. The number of rotatable bonds is 5. The molecule has 1 aliphatic rings. The number of thioether (sulfide) groups is 1. The molecule has 0 bridgehead atoms. The lowest BCUT2D eigenvalue weighted by molar-refractivity contribution is -0.119. The van der Waals surface area contributed by atoms with Gasteiger partial charge in [0.15, 0.2) is 5.78 Å². The van der Waals surface area contributed by atoms with E-state index in [1.807, 2.05) is 6.92 Å². The standard InChI is InChI=1S/C10H18O2S2/c1-3-5-6-9(11)10(4-2)13-7-8-14(10)12/h3-8H2,1-2H3/t10-,14?/m1/s1. The largest absolute Gasteiger partial charge is 0.297 e. The second-order valence-electron chi connectivity index (χ2n) is 3.53. The van der Waals surface area contributed by atoms with Crippen LogP contribution in [0.1, 0.15) is 39.5 Å². The van der Waals surface area contributed by atoms with Crippen LogP contribution in [0.4, 0.5) is 0 Å². The van der Waals surface area contributed by atoms with Gasteiger partial charge in [-0.25, -0.2) is 0 Å². The maximum atomic E-state index is 12.0. The van der Waals surface area contributed by atoms with Crippen molar-refractivity contribution in [2.24, 2.45) is 0 Å². The van der Waals surface area contributed by atoms with Gasteiger partial charge in [0, 0.05) is 28.7 Å². The zero-order valence-corrected chi connectivity index (χ0v) is 10.5. The van der Waals surface area contributed by atoms with Crippen molar-refractivity contribution in [2.75, 3.05) is 11.5 Å². The van der Waals surface area contributed by atoms with Crippen molar-refractivity contribution in [3.05, 3.63) is 0 Å². The van der Waals surface area contributed by atoms with Crippen molar-refractivity contribution in [1.82, 2.24) is 0 Å². The summed E-state index contributed by atoms with van der Waals surface area (Å²) in [7, 11) is -0.939. The van der Waals surface area contributed by atoms with Gasteiger partial charge in [-0.15, -0.1) is 11.8 Å². The van der Waals surface area contributed by atoms with E-state index in [-0.39, 0.29) is 5.78 Å². The molecule has 82 valence electrons. The number of Topliss-reactive ketones (excluding diaryl/α,β-unsaturated/α-hetero) is 1. The molecule has 14 heavy (non-hydrogen) atoms. The first-order valence-electron chi connectivity index (χ1n) is 5.23. The lowest BCUT2D eigenvalue weighted by Crippen LogP contribution is -2.36. The number of ketones is 1. The van der Waals surface area contributed by atoms with E-state index in [9.17, 15) is 9.00 Å². The third-order valence-corrected chi connectivity index (χ3v) is 7.01. The molecule has 1 heterocycles. The Morgan fingerprint density at radius 2 is 2.21 bits per heavy atom. The highest BCUT2D eigenvalue weighted by Crippen LogP contribution is 2.40. The van der Waals surface area contributed by atoms with Gasteiger partial charge in [0.2, 0.25) is 0 Å². The number of unbranched alkanes of at least 4 members (excludes halogenated alkanes) is 1.